The van der Waals surface area contributed by atoms with Crippen LogP contribution in [0.2, 0.25) is 0 Å². The SMILES string of the molecule is O=C(Cc1cn2ccsc2n1)c1cc(F)c(F)c(F)c1. The van der Waals surface area contributed by atoms with E-state index in [4.69, 9.17) is 0 Å². The zero-order valence-electron chi connectivity index (χ0n) is 9.94. The molecule has 0 spiro atoms. The highest BCUT2D eigenvalue weighted by Crippen LogP contribution is 2.17. The lowest BCUT2D eigenvalue weighted by molar-refractivity contribution is 0.0991. The minimum absolute atomic E-state index is 0.0983. The molecule has 0 unspecified atom stereocenters. The summed E-state index contributed by atoms with van der Waals surface area (Å²) in [5.41, 5.74) is 0.282. The lowest BCUT2D eigenvalue weighted by Crippen LogP contribution is -2.06. The molecule has 20 heavy (non-hydrogen) atoms. The number of ketones is 1. The van der Waals surface area contributed by atoms with Gasteiger partial charge in [0.05, 0.1) is 12.1 Å². The van der Waals surface area contributed by atoms with E-state index < -0.39 is 23.2 Å². The van der Waals surface area contributed by atoms with Gasteiger partial charge < -0.3 is 0 Å². The molecular weight excluding hydrogens is 289 g/mol. The van der Waals surface area contributed by atoms with Crippen LogP contribution in [-0.2, 0) is 6.42 Å². The van der Waals surface area contributed by atoms with Crippen LogP contribution in [0.25, 0.3) is 4.96 Å². The van der Waals surface area contributed by atoms with Gasteiger partial charge in [0, 0.05) is 23.3 Å². The van der Waals surface area contributed by atoms with Gasteiger partial charge in [-0.25, -0.2) is 18.2 Å². The second-order valence-electron chi connectivity index (χ2n) is 4.18. The molecule has 0 aliphatic heterocycles. The molecule has 0 aliphatic rings. The predicted molar refractivity (Wildman–Crippen MR) is 67.4 cm³/mol. The number of fused-ring (bicyclic) bond motifs is 1. The minimum atomic E-state index is -1.58. The van der Waals surface area contributed by atoms with Crippen molar-refractivity contribution in [1.82, 2.24) is 9.38 Å². The lowest BCUT2D eigenvalue weighted by Gasteiger charge is -2.01. The third-order valence-electron chi connectivity index (χ3n) is 2.79. The molecule has 0 amide bonds. The standard InChI is InChI=1S/C13H7F3N2OS/c14-9-3-7(4-10(15)12(9)16)11(19)5-8-6-18-1-2-20-13(18)17-8/h1-4,6H,5H2. The Morgan fingerprint density at radius 3 is 2.60 bits per heavy atom. The average molecular weight is 296 g/mol. The quantitative estimate of drug-likeness (QED) is 0.549. The number of Topliss-reactive ketones (excluding diaryl/α,β-unsaturated/α-hetero) is 1. The van der Waals surface area contributed by atoms with Gasteiger partial charge in [-0.3, -0.25) is 9.20 Å². The highest BCUT2D eigenvalue weighted by Gasteiger charge is 2.16. The van der Waals surface area contributed by atoms with Crippen LogP contribution in [0, 0.1) is 17.5 Å². The number of nitrogens with zero attached hydrogens (tertiary/aromatic N) is 2. The van der Waals surface area contributed by atoms with E-state index in [9.17, 15) is 18.0 Å². The van der Waals surface area contributed by atoms with Crippen LogP contribution < -0.4 is 0 Å². The molecule has 3 nitrogen and oxygen atoms in total. The van der Waals surface area contributed by atoms with E-state index in [0.717, 1.165) is 4.96 Å². The number of hydrogen-bond donors (Lipinski definition) is 0. The fraction of sp³-hybridized carbons (Fsp3) is 0.0769. The maximum atomic E-state index is 13.1. The number of thiazole rings is 1. The number of carbonyl (C=O) groups is 1. The first-order chi connectivity index (χ1) is 9.54. The Morgan fingerprint density at radius 2 is 1.95 bits per heavy atom. The summed E-state index contributed by atoms with van der Waals surface area (Å²) in [6.07, 6.45) is 3.36. The summed E-state index contributed by atoms with van der Waals surface area (Å²) < 4.78 is 40.7. The second-order valence-corrected chi connectivity index (χ2v) is 5.05. The largest absolute Gasteiger partial charge is 0.297 e. The van der Waals surface area contributed by atoms with Gasteiger partial charge in [-0.1, -0.05) is 0 Å². The van der Waals surface area contributed by atoms with Gasteiger partial charge in [0.2, 0.25) is 0 Å². The van der Waals surface area contributed by atoms with Gasteiger partial charge in [0.25, 0.3) is 0 Å². The van der Waals surface area contributed by atoms with E-state index in [0.29, 0.717) is 17.8 Å². The Bertz CT molecular complexity index is 757. The molecule has 0 saturated carbocycles. The van der Waals surface area contributed by atoms with Gasteiger partial charge in [0.15, 0.2) is 28.2 Å². The number of hydrogen-bond acceptors (Lipinski definition) is 3. The predicted octanol–water partition coefficient (Wildman–Crippen LogP) is 3.24. The number of imidazole rings is 1. The molecule has 2 heterocycles. The summed E-state index contributed by atoms with van der Waals surface area (Å²) in [7, 11) is 0. The van der Waals surface area contributed by atoms with Crippen molar-refractivity contribution in [2.45, 2.75) is 6.42 Å². The van der Waals surface area contributed by atoms with E-state index in [1.807, 2.05) is 5.38 Å². The van der Waals surface area contributed by atoms with Crippen molar-refractivity contribution >= 4 is 22.1 Å². The van der Waals surface area contributed by atoms with Crippen molar-refractivity contribution in [3.63, 3.8) is 0 Å². The lowest BCUT2D eigenvalue weighted by atomic mass is 10.1. The Hall–Kier alpha value is -2.15. The van der Waals surface area contributed by atoms with E-state index >= 15 is 0 Å². The fourth-order valence-electron chi connectivity index (χ4n) is 1.84. The molecule has 0 bridgehead atoms. The van der Waals surface area contributed by atoms with Crippen molar-refractivity contribution in [2.75, 3.05) is 0 Å². The Labute approximate surface area is 115 Å². The van der Waals surface area contributed by atoms with Crippen molar-refractivity contribution in [3.05, 3.63) is 58.6 Å². The van der Waals surface area contributed by atoms with Gasteiger partial charge in [-0.15, -0.1) is 11.3 Å². The molecule has 0 saturated heterocycles. The number of rotatable bonds is 3. The molecule has 0 N–H and O–H groups in total. The third-order valence-corrected chi connectivity index (χ3v) is 3.56. The first-order valence-electron chi connectivity index (χ1n) is 5.63. The van der Waals surface area contributed by atoms with E-state index in [1.54, 1.807) is 16.8 Å². The number of aromatic nitrogens is 2. The molecule has 0 fully saturated rings. The Balaban J connectivity index is 1.87. The monoisotopic (exact) mass is 296 g/mol. The Kier molecular flexibility index (Phi) is 3.06. The topological polar surface area (TPSA) is 34.4 Å². The molecule has 0 radical (unpaired) electrons. The van der Waals surface area contributed by atoms with Crippen LogP contribution >= 0.6 is 11.3 Å². The zero-order valence-corrected chi connectivity index (χ0v) is 10.8. The van der Waals surface area contributed by atoms with E-state index in [2.05, 4.69) is 4.98 Å². The first-order valence-corrected chi connectivity index (χ1v) is 6.51. The van der Waals surface area contributed by atoms with Crippen LogP contribution in [0.4, 0.5) is 13.2 Å². The third kappa shape index (κ3) is 2.20. The average Bonchev–Trinajstić information content (AvgIpc) is 2.96. The summed E-state index contributed by atoms with van der Waals surface area (Å²) in [5.74, 6) is -4.85. The second kappa shape index (κ2) is 4.75. The molecule has 7 heteroatoms. The highest BCUT2D eigenvalue weighted by molar-refractivity contribution is 7.15. The Morgan fingerprint density at radius 1 is 1.25 bits per heavy atom. The summed E-state index contributed by atoms with van der Waals surface area (Å²) in [6.45, 7) is 0. The maximum absolute atomic E-state index is 13.1. The molecule has 2 aromatic heterocycles. The highest BCUT2D eigenvalue weighted by atomic mass is 32.1. The minimum Gasteiger partial charge on any atom is -0.297 e. The summed E-state index contributed by atoms with van der Waals surface area (Å²) in [6, 6.07) is 1.39. The van der Waals surface area contributed by atoms with Crippen LogP contribution in [0.5, 0.6) is 0 Å². The molecule has 0 aliphatic carbocycles. The van der Waals surface area contributed by atoms with Crippen molar-refractivity contribution < 1.29 is 18.0 Å². The van der Waals surface area contributed by atoms with Crippen LogP contribution in [0.3, 0.4) is 0 Å². The van der Waals surface area contributed by atoms with Crippen molar-refractivity contribution in [2.24, 2.45) is 0 Å². The van der Waals surface area contributed by atoms with Crippen LogP contribution in [0.15, 0.2) is 29.9 Å². The number of halogens is 3. The zero-order chi connectivity index (χ0) is 14.3. The van der Waals surface area contributed by atoms with Crippen LogP contribution in [0.1, 0.15) is 16.1 Å². The molecule has 3 aromatic rings. The first kappa shape index (κ1) is 12.9. The normalized spacial score (nSPS) is 11.2. The summed E-state index contributed by atoms with van der Waals surface area (Å²) in [5, 5.41) is 1.85. The van der Waals surface area contributed by atoms with Gasteiger partial charge in [-0.2, -0.15) is 0 Å². The van der Waals surface area contributed by atoms with Gasteiger partial charge >= 0.3 is 0 Å². The summed E-state index contributed by atoms with van der Waals surface area (Å²) >= 11 is 1.41. The molecular formula is C13H7F3N2OS. The van der Waals surface area contributed by atoms with E-state index in [1.165, 1.54) is 11.3 Å². The molecule has 3 rings (SSSR count). The van der Waals surface area contributed by atoms with Crippen molar-refractivity contribution in [1.29, 1.82) is 0 Å². The van der Waals surface area contributed by atoms with Gasteiger partial charge in [-0.05, 0) is 12.1 Å². The van der Waals surface area contributed by atoms with Gasteiger partial charge in [0.1, 0.15) is 0 Å². The maximum Gasteiger partial charge on any atom is 0.194 e. The van der Waals surface area contributed by atoms with Crippen molar-refractivity contribution in [3.8, 4) is 0 Å². The van der Waals surface area contributed by atoms with E-state index in [-0.39, 0.29) is 12.0 Å². The summed E-state index contributed by atoms with van der Waals surface area (Å²) in [4.78, 5) is 16.9. The molecule has 102 valence electrons. The molecule has 0 atom stereocenters. The fourth-order valence-corrected chi connectivity index (χ4v) is 2.56. The number of benzene rings is 1. The molecule has 1 aromatic carbocycles. The van der Waals surface area contributed by atoms with Crippen LogP contribution in [-0.4, -0.2) is 15.2 Å². The smallest absolute Gasteiger partial charge is 0.194 e. The number of carbonyl (C=O) groups excluding carboxylic acids is 1.